The molecule has 1 aromatic rings. The van der Waals surface area contributed by atoms with Gasteiger partial charge in [-0.15, -0.1) is 0 Å². The highest BCUT2D eigenvalue weighted by Gasteiger charge is 2.30. The van der Waals surface area contributed by atoms with Gasteiger partial charge >= 0.3 is 5.69 Å². The number of H-pyrrole nitrogens is 1. The summed E-state index contributed by atoms with van der Waals surface area (Å²) in [6, 6.07) is 0. The Balaban J connectivity index is 2.43. The van der Waals surface area contributed by atoms with Crippen molar-refractivity contribution in [3.63, 3.8) is 0 Å². The van der Waals surface area contributed by atoms with Gasteiger partial charge in [-0.25, -0.2) is 4.79 Å². The fourth-order valence-corrected chi connectivity index (χ4v) is 2.59. The predicted molar refractivity (Wildman–Crippen MR) is 62.9 cm³/mol. The molecule has 1 fully saturated rings. The number of nitrogens with zero attached hydrogens (tertiary/aromatic N) is 1. The molecule has 0 amide bonds. The Hall–Kier alpha value is -1.10. The van der Waals surface area contributed by atoms with Gasteiger partial charge in [0, 0.05) is 6.54 Å². The average Bonchev–Trinajstić information content (AvgIpc) is 2.69. The Morgan fingerprint density at radius 1 is 1.41 bits per heavy atom. The molecular weight excluding hydrogens is 247 g/mol. The third kappa shape index (κ3) is 2.29. The summed E-state index contributed by atoms with van der Waals surface area (Å²) in [4.78, 5) is 25.4. The van der Waals surface area contributed by atoms with E-state index in [1.54, 1.807) is 0 Å². The summed E-state index contributed by atoms with van der Waals surface area (Å²) in [5, 5.41) is -0.521. The Bertz CT molecular complexity index is 543. The van der Waals surface area contributed by atoms with Crippen molar-refractivity contribution in [2.45, 2.75) is 39.2 Å². The minimum Gasteiger partial charge on any atom is -0.295 e. The molecule has 0 aromatic carbocycles. The first-order chi connectivity index (χ1) is 7.93. The highest BCUT2D eigenvalue weighted by molar-refractivity contribution is 6.29. The highest BCUT2D eigenvalue weighted by Crippen LogP contribution is 2.38. The summed E-state index contributed by atoms with van der Waals surface area (Å²) in [6.45, 7) is 2.26. The van der Waals surface area contributed by atoms with E-state index in [9.17, 15) is 14.0 Å². The van der Waals surface area contributed by atoms with Crippen LogP contribution in [0.5, 0.6) is 0 Å². The summed E-state index contributed by atoms with van der Waals surface area (Å²) >= 11 is 5.40. The fourth-order valence-electron chi connectivity index (χ4n) is 2.43. The van der Waals surface area contributed by atoms with Gasteiger partial charge in [0.15, 0.2) is 5.15 Å². The Labute approximate surface area is 102 Å². The maximum Gasteiger partial charge on any atom is 0.329 e. The van der Waals surface area contributed by atoms with Crippen LogP contribution in [0.25, 0.3) is 0 Å². The van der Waals surface area contributed by atoms with Gasteiger partial charge in [-0.1, -0.05) is 31.4 Å². The minimum atomic E-state index is -1.09. The topological polar surface area (TPSA) is 54.9 Å². The smallest absolute Gasteiger partial charge is 0.295 e. The number of aromatic amines is 1. The lowest BCUT2D eigenvalue weighted by Gasteiger charge is -2.23. The summed E-state index contributed by atoms with van der Waals surface area (Å²) in [5.41, 5.74) is -1.68. The van der Waals surface area contributed by atoms with Gasteiger partial charge in [0.2, 0.25) is 5.82 Å². The maximum atomic E-state index is 13.3. The maximum absolute atomic E-state index is 13.3. The van der Waals surface area contributed by atoms with E-state index in [0.29, 0.717) is 0 Å². The van der Waals surface area contributed by atoms with E-state index in [0.717, 1.165) is 30.3 Å². The summed E-state index contributed by atoms with van der Waals surface area (Å²) in [6.07, 6.45) is 4.06. The summed E-state index contributed by atoms with van der Waals surface area (Å²) in [5.74, 6) is -1.09. The van der Waals surface area contributed by atoms with Gasteiger partial charge in [0.25, 0.3) is 5.56 Å². The second kappa shape index (κ2) is 4.29. The number of aromatic nitrogens is 2. The van der Waals surface area contributed by atoms with Crippen molar-refractivity contribution in [1.82, 2.24) is 9.55 Å². The van der Waals surface area contributed by atoms with Crippen LogP contribution in [-0.4, -0.2) is 9.55 Å². The van der Waals surface area contributed by atoms with E-state index in [-0.39, 0.29) is 12.0 Å². The number of halogens is 2. The van der Waals surface area contributed by atoms with Gasteiger partial charge in [-0.2, -0.15) is 4.39 Å². The predicted octanol–water partition coefficient (Wildman–Crippen LogP) is 1.91. The monoisotopic (exact) mass is 260 g/mol. The fraction of sp³-hybridized carbons (Fsp3) is 0.636. The van der Waals surface area contributed by atoms with Crippen molar-refractivity contribution < 1.29 is 4.39 Å². The van der Waals surface area contributed by atoms with Crippen LogP contribution in [0.1, 0.15) is 32.6 Å². The van der Waals surface area contributed by atoms with Crippen LogP contribution in [0.15, 0.2) is 9.59 Å². The van der Waals surface area contributed by atoms with Crippen LogP contribution < -0.4 is 11.2 Å². The molecule has 4 nitrogen and oxygen atoms in total. The van der Waals surface area contributed by atoms with E-state index in [4.69, 9.17) is 11.6 Å². The van der Waals surface area contributed by atoms with Gasteiger partial charge in [-0.05, 0) is 18.3 Å². The van der Waals surface area contributed by atoms with Crippen molar-refractivity contribution in [1.29, 1.82) is 0 Å². The average molecular weight is 261 g/mol. The minimum absolute atomic E-state index is 0.100. The lowest BCUT2D eigenvalue weighted by molar-refractivity contribution is 0.269. The molecule has 1 aromatic heterocycles. The molecule has 0 bridgehead atoms. The van der Waals surface area contributed by atoms with Crippen molar-refractivity contribution in [3.8, 4) is 0 Å². The number of rotatable bonds is 2. The molecule has 1 heterocycles. The normalized spacial score (nSPS) is 18.5. The molecule has 0 atom stereocenters. The third-order valence-electron chi connectivity index (χ3n) is 3.44. The Kier molecular flexibility index (Phi) is 3.12. The molecule has 1 aliphatic rings. The molecule has 0 spiro atoms. The zero-order valence-electron chi connectivity index (χ0n) is 9.56. The van der Waals surface area contributed by atoms with Crippen LogP contribution in [-0.2, 0) is 6.54 Å². The molecule has 1 N–H and O–H groups in total. The third-order valence-corrected chi connectivity index (χ3v) is 3.70. The molecule has 6 heteroatoms. The van der Waals surface area contributed by atoms with Crippen LogP contribution in [0.3, 0.4) is 0 Å². The van der Waals surface area contributed by atoms with Crippen molar-refractivity contribution in [2.75, 3.05) is 0 Å². The molecule has 0 saturated heterocycles. The van der Waals surface area contributed by atoms with Crippen LogP contribution in [0.4, 0.5) is 4.39 Å². The molecule has 0 unspecified atom stereocenters. The molecule has 1 saturated carbocycles. The van der Waals surface area contributed by atoms with Gasteiger partial charge < -0.3 is 0 Å². The number of hydrogen-bond acceptors (Lipinski definition) is 2. The lowest BCUT2D eigenvalue weighted by Crippen LogP contribution is -2.41. The lowest BCUT2D eigenvalue weighted by atomic mass is 9.89. The Morgan fingerprint density at radius 3 is 2.59 bits per heavy atom. The molecule has 2 rings (SSSR count). The first-order valence-corrected chi connectivity index (χ1v) is 5.99. The SMILES string of the molecule is CC1(Cn2c(=O)[nH]c(Cl)c(F)c2=O)CCCC1. The second-order valence-electron chi connectivity index (χ2n) is 4.97. The highest BCUT2D eigenvalue weighted by atomic mass is 35.5. The first kappa shape index (κ1) is 12.4. The largest absolute Gasteiger partial charge is 0.329 e. The number of hydrogen-bond donors (Lipinski definition) is 1. The van der Waals surface area contributed by atoms with Crippen molar-refractivity contribution >= 4 is 11.6 Å². The second-order valence-corrected chi connectivity index (χ2v) is 5.35. The molecule has 0 radical (unpaired) electrons. The standard InChI is InChI=1S/C11H14ClFN2O2/c1-11(4-2-3-5-11)6-15-9(16)7(13)8(12)14-10(15)17/h2-6H2,1H3,(H,14,17). The van der Waals surface area contributed by atoms with Gasteiger partial charge in [0.1, 0.15) is 0 Å². The molecule has 94 valence electrons. The van der Waals surface area contributed by atoms with Crippen molar-refractivity contribution in [3.05, 3.63) is 31.8 Å². The van der Waals surface area contributed by atoms with E-state index >= 15 is 0 Å². The van der Waals surface area contributed by atoms with Gasteiger partial charge in [0.05, 0.1) is 0 Å². The van der Waals surface area contributed by atoms with Crippen molar-refractivity contribution in [2.24, 2.45) is 5.41 Å². The Morgan fingerprint density at radius 2 is 2.00 bits per heavy atom. The zero-order chi connectivity index (χ0) is 12.6. The first-order valence-electron chi connectivity index (χ1n) is 5.61. The molecule has 1 aliphatic carbocycles. The quantitative estimate of drug-likeness (QED) is 0.826. The summed E-state index contributed by atoms with van der Waals surface area (Å²) < 4.78 is 14.2. The molecule has 0 aliphatic heterocycles. The van der Waals surface area contributed by atoms with E-state index in [1.807, 2.05) is 6.92 Å². The zero-order valence-corrected chi connectivity index (χ0v) is 10.3. The molecular formula is C11H14ClFN2O2. The van der Waals surface area contributed by atoms with Crippen LogP contribution in [0.2, 0.25) is 5.15 Å². The van der Waals surface area contributed by atoms with Gasteiger partial charge in [-0.3, -0.25) is 14.3 Å². The summed E-state index contributed by atoms with van der Waals surface area (Å²) in [7, 11) is 0. The van der Waals surface area contributed by atoms with Crippen LogP contribution >= 0.6 is 11.6 Å². The number of nitrogens with one attached hydrogen (secondary N) is 1. The van der Waals surface area contributed by atoms with E-state index in [1.165, 1.54) is 0 Å². The van der Waals surface area contributed by atoms with Crippen LogP contribution in [0, 0.1) is 11.2 Å². The molecule has 17 heavy (non-hydrogen) atoms. The van der Waals surface area contributed by atoms with E-state index < -0.39 is 22.2 Å². The van der Waals surface area contributed by atoms with E-state index in [2.05, 4.69) is 4.98 Å².